The molecule has 0 aliphatic carbocycles. The SMILES string of the molecule is Cc1ccoc1C(=O)Nc1ccc(Cl)c(-c2cnc3ccccc3n2)c1. The molecule has 0 bridgehead atoms. The maximum atomic E-state index is 12.3. The van der Waals surface area contributed by atoms with Gasteiger partial charge in [0.05, 0.1) is 34.2 Å². The first kappa shape index (κ1) is 16.3. The quantitative estimate of drug-likeness (QED) is 0.549. The molecule has 2 aromatic carbocycles. The lowest BCUT2D eigenvalue weighted by Gasteiger charge is -2.09. The van der Waals surface area contributed by atoms with Gasteiger partial charge in [0.1, 0.15) is 0 Å². The molecule has 1 amide bonds. The first-order valence-electron chi connectivity index (χ1n) is 7.99. The Balaban J connectivity index is 1.69. The van der Waals surface area contributed by atoms with E-state index in [1.165, 1.54) is 6.26 Å². The van der Waals surface area contributed by atoms with Gasteiger partial charge in [0.2, 0.25) is 0 Å². The molecule has 5 nitrogen and oxygen atoms in total. The van der Waals surface area contributed by atoms with E-state index in [1.807, 2.05) is 31.2 Å². The highest BCUT2D eigenvalue weighted by molar-refractivity contribution is 6.33. The van der Waals surface area contributed by atoms with Gasteiger partial charge in [-0.1, -0.05) is 23.7 Å². The Kier molecular flexibility index (Phi) is 4.14. The summed E-state index contributed by atoms with van der Waals surface area (Å²) < 4.78 is 5.22. The number of aromatic nitrogens is 2. The van der Waals surface area contributed by atoms with E-state index in [9.17, 15) is 4.79 Å². The number of hydrogen-bond acceptors (Lipinski definition) is 4. The fourth-order valence-electron chi connectivity index (χ4n) is 2.68. The number of carbonyl (C=O) groups excluding carboxylic acids is 1. The molecule has 0 aliphatic rings. The minimum atomic E-state index is -0.314. The molecule has 0 atom stereocenters. The summed E-state index contributed by atoms with van der Waals surface area (Å²) >= 11 is 6.34. The molecule has 4 aromatic rings. The average molecular weight is 364 g/mol. The van der Waals surface area contributed by atoms with Crippen LogP contribution in [-0.2, 0) is 0 Å². The minimum Gasteiger partial charge on any atom is -0.459 e. The second kappa shape index (κ2) is 6.61. The smallest absolute Gasteiger partial charge is 0.291 e. The van der Waals surface area contributed by atoms with Crippen LogP contribution in [-0.4, -0.2) is 15.9 Å². The van der Waals surface area contributed by atoms with Crippen molar-refractivity contribution in [2.24, 2.45) is 0 Å². The van der Waals surface area contributed by atoms with Crippen LogP contribution < -0.4 is 5.32 Å². The maximum Gasteiger partial charge on any atom is 0.291 e. The van der Waals surface area contributed by atoms with Crippen LogP contribution in [0.5, 0.6) is 0 Å². The van der Waals surface area contributed by atoms with E-state index in [1.54, 1.807) is 30.5 Å². The van der Waals surface area contributed by atoms with Gasteiger partial charge in [0.15, 0.2) is 5.76 Å². The van der Waals surface area contributed by atoms with Crippen LogP contribution in [0.4, 0.5) is 5.69 Å². The molecule has 1 N–H and O–H groups in total. The zero-order valence-corrected chi connectivity index (χ0v) is 14.6. The van der Waals surface area contributed by atoms with Crippen molar-refractivity contribution in [1.29, 1.82) is 0 Å². The summed E-state index contributed by atoms with van der Waals surface area (Å²) in [7, 11) is 0. The van der Waals surface area contributed by atoms with Crippen LogP contribution in [0.2, 0.25) is 5.02 Å². The van der Waals surface area contributed by atoms with Gasteiger partial charge in [0, 0.05) is 16.8 Å². The predicted molar refractivity (Wildman–Crippen MR) is 101 cm³/mol. The Bertz CT molecular complexity index is 1120. The standard InChI is InChI=1S/C20H14ClN3O2/c1-12-8-9-26-19(12)20(25)23-13-6-7-15(21)14(10-13)18-11-22-16-4-2-3-5-17(16)24-18/h2-11H,1H3,(H,23,25). The summed E-state index contributed by atoms with van der Waals surface area (Å²) in [6, 6.07) is 14.6. The molecule has 0 fully saturated rings. The van der Waals surface area contributed by atoms with E-state index in [0.717, 1.165) is 16.6 Å². The first-order chi connectivity index (χ1) is 12.6. The molecule has 26 heavy (non-hydrogen) atoms. The van der Waals surface area contributed by atoms with Crippen LogP contribution in [0, 0.1) is 6.92 Å². The van der Waals surface area contributed by atoms with Crippen molar-refractivity contribution in [3.05, 3.63) is 77.3 Å². The van der Waals surface area contributed by atoms with Crippen molar-refractivity contribution < 1.29 is 9.21 Å². The van der Waals surface area contributed by atoms with E-state index in [4.69, 9.17) is 16.0 Å². The summed E-state index contributed by atoms with van der Waals surface area (Å²) in [5.41, 5.74) is 4.29. The predicted octanol–water partition coefficient (Wildman–Crippen LogP) is 5.10. The Labute approximate surface area is 154 Å². The van der Waals surface area contributed by atoms with Gasteiger partial charge in [-0.15, -0.1) is 0 Å². The van der Waals surface area contributed by atoms with Crippen molar-refractivity contribution in [2.75, 3.05) is 5.32 Å². The summed E-state index contributed by atoms with van der Waals surface area (Å²) in [6.45, 7) is 1.82. The van der Waals surface area contributed by atoms with E-state index in [-0.39, 0.29) is 11.7 Å². The molecule has 0 unspecified atom stereocenters. The normalized spacial score (nSPS) is 10.8. The second-order valence-corrected chi connectivity index (χ2v) is 6.23. The van der Waals surface area contributed by atoms with Crippen molar-refractivity contribution in [1.82, 2.24) is 9.97 Å². The number of rotatable bonds is 3. The van der Waals surface area contributed by atoms with E-state index in [0.29, 0.717) is 22.0 Å². The number of fused-ring (bicyclic) bond motifs is 1. The van der Waals surface area contributed by atoms with Gasteiger partial charge in [-0.25, -0.2) is 4.98 Å². The fraction of sp³-hybridized carbons (Fsp3) is 0.0500. The summed E-state index contributed by atoms with van der Waals surface area (Å²) in [4.78, 5) is 21.4. The van der Waals surface area contributed by atoms with Crippen molar-refractivity contribution in [3.63, 3.8) is 0 Å². The van der Waals surface area contributed by atoms with Crippen LogP contribution in [0.25, 0.3) is 22.3 Å². The molecule has 0 radical (unpaired) electrons. The largest absolute Gasteiger partial charge is 0.459 e. The molecule has 0 saturated heterocycles. The molecule has 4 rings (SSSR count). The number of nitrogens with one attached hydrogen (secondary N) is 1. The van der Waals surface area contributed by atoms with Crippen molar-refractivity contribution in [2.45, 2.75) is 6.92 Å². The molecule has 6 heteroatoms. The number of anilines is 1. The number of furan rings is 1. The maximum absolute atomic E-state index is 12.3. The third-order valence-corrected chi connectivity index (χ3v) is 4.35. The van der Waals surface area contributed by atoms with E-state index < -0.39 is 0 Å². The number of halogens is 1. The van der Waals surface area contributed by atoms with Crippen molar-refractivity contribution >= 4 is 34.2 Å². The Morgan fingerprint density at radius 1 is 1.12 bits per heavy atom. The Hall–Kier alpha value is -3.18. The number of hydrogen-bond donors (Lipinski definition) is 1. The zero-order chi connectivity index (χ0) is 18.1. The van der Waals surface area contributed by atoms with Crippen LogP contribution in [0.15, 0.2) is 65.4 Å². The molecular weight excluding hydrogens is 350 g/mol. The highest BCUT2D eigenvalue weighted by Gasteiger charge is 2.14. The van der Waals surface area contributed by atoms with Gasteiger partial charge < -0.3 is 9.73 Å². The molecular formula is C20H14ClN3O2. The van der Waals surface area contributed by atoms with Crippen LogP contribution >= 0.6 is 11.6 Å². The number of para-hydroxylation sites is 2. The van der Waals surface area contributed by atoms with Gasteiger partial charge in [0.25, 0.3) is 5.91 Å². The summed E-state index contributed by atoms with van der Waals surface area (Å²) in [6.07, 6.45) is 3.16. The minimum absolute atomic E-state index is 0.284. The lowest BCUT2D eigenvalue weighted by atomic mass is 10.1. The number of nitrogens with zero attached hydrogens (tertiary/aromatic N) is 2. The molecule has 2 aromatic heterocycles. The molecule has 2 heterocycles. The molecule has 0 aliphatic heterocycles. The monoisotopic (exact) mass is 363 g/mol. The van der Waals surface area contributed by atoms with E-state index in [2.05, 4.69) is 15.3 Å². The van der Waals surface area contributed by atoms with Gasteiger partial charge in [-0.2, -0.15) is 0 Å². The number of benzene rings is 2. The highest BCUT2D eigenvalue weighted by atomic mass is 35.5. The molecule has 0 saturated carbocycles. The number of aryl methyl sites for hydroxylation is 1. The van der Waals surface area contributed by atoms with Gasteiger partial charge in [-0.3, -0.25) is 9.78 Å². The van der Waals surface area contributed by atoms with Crippen LogP contribution in [0.3, 0.4) is 0 Å². The van der Waals surface area contributed by atoms with Crippen LogP contribution in [0.1, 0.15) is 16.1 Å². The highest BCUT2D eigenvalue weighted by Crippen LogP contribution is 2.30. The van der Waals surface area contributed by atoms with Gasteiger partial charge in [-0.05, 0) is 43.3 Å². The fourth-order valence-corrected chi connectivity index (χ4v) is 2.89. The average Bonchev–Trinajstić information content (AvgIpc) is 3.09. The lowest BCUT2D eigenvalue weighted by Crippen LogP contribution is -2.12. The van der Waals surface area contributed by atoms with Crippen molar-refractivity contribution in [3.8, 4) is 11.3 Å². The second-order valence-electron chi connectivity index (χ2n) is 5.83. The summed E-state index contributed by atoms with van der Waals surface area (Å²) in [5.74, 6) is -0.0302. The zero-order valence-electron chi connectivity index (χ0n) is 13.9. The van der Waals surface area contributed by atoms with Gasteiger partial charge >= 0.3 is 0 Å². The third-order valence-electron chi connectivity index (χ3n) is 4.02. The topological polar surface area (TPSA) is 68.0 Å². The Morgan fingerprint density at radius 3 is 2.69 bits per heavy atom. The number of carbonyl (C=O) groups is 1. The van der Waals surface area contributed by atoms with E-state index >= 15 is 0 Å². The third kappa shape index (κ3) is 3.05. The summed E-state index contributed by atoms with van der Waals surface area (Å²) in [5, 5.41) is 3.35. The molecule has 128 valence electrons. The Morgan fingerprint density at radius 2 is 1.92 bits per heavy atom. The lowest BCUT2D eigenvalue weighted by molar-refractivity contribution is 0.0996. The first-order valence-corrected chi connectivity index (χ1v) is 8.37. The number of amides is 1. The molecule has 0 spiro atoms.